The molecule has 0 amide bonds. The zero-order chi connectivity index (χ0) is 12.8. The quantitative estimate of drug-likeness (QED) is 0.582. The number of carbonyl (C=O) groups is 2. The molecule has 0 bridgehead atoms. The van der Waals surface area contributed by atoms with E-state index in [2.05, 4.69) is 0 Å². The summed E-state index contributed by atoms with van der Waals surface area (Å²) in [4.78, 5) is 23.4. The zero-order valence-corrected chi connectivity index (χ0v) is 10.3. The molecule has 92 valence electrons. The molecule has 0 N–H and O–H groups in total. The Morgan fingerprint density at radius 3 is 2.41 bits per heavy atom. The third-order valence-corrected chi connectivity index (χ3v) is 2.34. The normalized spacial score (nSPS) is 9.82. The molecule has 0 heterocycles. The number of carbonyl (C=O) groups excluding carboxylic acids is 2. The van der Waals surface area contributed by atoms with Crippen LogP contribution in [0.2, 0.25) is 0 Å². The Bertz CT molecular complexity index is 423. The second-order valence-electron chi connectivity index (χ2n) is 3.41. The third-order valence-electron chi connectivity index (χ3n) is 2.34. The van der Waals surface area contributed by atoms with Crippen molar-refractivity contribution in [1.29, 1.82) is 0 Å². The van der Waals surface area contributed by atoms with E-state index in [0.717, 1.165) is 0 Å². The Labute approximate surface area is 101 Å². The molecule has 0 aliphatic rings. The minimum atomic E-state index is -0.480. The summed E-state index contributed by atoms with van der Waals surface area (Å²) >= 11 is 0. The molecule has 0 atom stereocenters. The van der Waals surface area contributed by atoms with Crippen LogP contribution in [0.5, 0.6) is 5.75 Å². The van der Waals surface area contributed by atoms with Gasteiger partial charge in [-0.1, -0.05) is 6.92 Å². The van der Waals surface area contributed by atoms with Crippen LogP contribution in [0.3, 0.4) is 0 Å². The smallest absolute Gasteiger partial charge is 0.338 e. The van der Waals surface area contributed by atoms with Crippen molar-refractivity contribution < 1.29 is 19.1 Å². The SMILES string of the molecule is CCOC(=O)c1ccc(OC)cc1C(=O)CC. The van der Waals surface area contributed by atoms with Crippen molar-refractivity contribution in [1.82, 2.24) is 0 Å². The van der Waals surface area contributed by atoms with Crippen LogP contribution >= 0.6 is 0 Å². The van der Waals surface area contributed by atoms with Gasteiger partial charge in [0.1, 0.15) is 5.75 Å². The van der Waals surface area contributed by atoms with E-state index in [9.17, 15) is 9.59 Å². The van der Waals surface area contributed by atoms with Crippen LogP contribution in [0.1, 0.15) is 41.0 Å². The molecule has 0 aliphatic heterocycles. The van der Waals surface area contributed by atoms with Gasteiger partial charge in [-0.2, -0.15) is 0 Å². The van der Waals surface area contributed by atoms with Crippen molar-refractivity contribution in [2.24, 2.45) is 0 Å². The van der Waals surface area contributed by atoms with Gasteiger partial charge in [0.15, 0.2) is 5.78 Å². The first-order valence-electron chi connectivity index (χ1n) is 5.52. The number of ether oxygens (including phenoxy) is 2. The molecule has 0 unspecified atom stereocenters. The van der Waals surface area contributed by atoms with Gasteiger partial charge in [-0.3, -0.25) is 4.79 Å². The number of esters is 1. The monoisotopic (exact) mass is 236 g/mol. The van der Waals surface area contributed by atoms with Gasteiger partial charge in [0.05, 0.1) is 19.3 Å². The molecule has 1 aromatic rings. The van der Waals surface area contributed by atoms with E-state index in [1.54, 1.807) is 32.0 Å². The maximum atomic E-state index is 11.7. The Kier molecular flexibility index (Phi) is 4.69. The van der Waals surface area contributed by atoms with Gasteiger partial charge < -0.3 is 9.47 Å². The van der Waals surface area contributed by atoms with Gasteiger partial charge in [-0.25, -0.2) is 4.79 Å². The summed E-state index contributed by atoms with van der Waals surface area (Å²) in [6.07, 6.45) is 0.333. The Balaban J connectivity index is 3.19. The third kappa shape index (κ3) is 3.06. The average Bonchev–Trinajstić information content (AvgIpc) is 2.37. The van der Waals surface area contributed by atoms with Crippen LogP contribution in [-0.2, 0) is 4.74 Å². The summed E-state index contributed by atoms with van der Waals surface area (Å²) in [5, 5.41) is 0. The maximum absolute atomic E-state index is 11.7. The number of hydrogen-bond donors (Lipinski definition) is 0. The highest BCUT2D eigenvalue weighted by molar-refractivity contribution is 6.06. The van der Waals surface area contributed by atoms with E-state index in [4.69, 9.17) is 9.47 Å². The van der Waals surface area contributed by atoms with Crippen LogP contribution in [0.4, 0.5) is 0 Å². The van der Waals surface area contributed by atoms with E-state index < -0.39 is 5.97 Å². The molecule has 0 aromatic heterocycles. The van der Waals surface area contributed by atoms with Crippen LogP contribution in [0.25, 0.3) is 0 Å². The average molecular weight is 236 g/mol. The van der Waals surface area contributed by atoms with Crippen molar-refractivity contribution in [3.63, 3.8) is 0 Å². The lowest BCUT2D eigenvalue weighted by Crippen LogP contribution is -2.11. The van der Waals surface area contributed by atoms with E-state index >= 15 is 0 Å². The standard InChI is InChI=1S/C13H16O4/c1-4-12(14)11-8-9(16-3)6-7-10(11)13(15)17-5-2/h6-8H,4-5H2,1-3H3. The number of benzene rings is 1. The predicted octanol–water partition coefficient (Wildman–Crippen LogP) is 2.46. The zero-order valence-electron chi connectivity index (χ0n) is 10.3. The van der Waals surface area contributed by atoms with Gasteiger partial charge in [0.25, 0.3) is 0 Å². The molecule has 0 saturated carbocycles. The van der Waals surface area contributed by atoms with Gasteiger partial charge >= 0.3 is 5.97 Å². The fourth-order valence-electron chi connectivity index (χ4n) is 1.46. The Morgan fingerprint density at radius 2 is 1.88 bits per heavy atom. The highest BCUT2D eigenvalue weighted by Gasteiger charge is 2.17. The molecule has 0 fully saturated rings. The number of methoxy groups -OCH3 is 1. The molecule has 0 radical (unpaired) electrons. The highest BCUT2D eigenvalue weighted by Crippen LogP contribution is 2.20. The molecular weight excluding hydrogens is 220 g/mol. The topological polar surface area (TPSA) is 52.6 Å². The second kappa shape index (κ2) is 6.03. The van der Waals surface area contributed by atoms with Crippen molar-refractivity contribution in [3.8, 4) is 5.75 Å². The first kappa shape index (κ1) is 13.2. The highest BCUT2D eigenvalue weighted by atomic mass is 16.5. The molecule has 4 heteroatoms. The van der Waals surface area contributed by atoms with Crippen molar-refractivity contribution in [2.75, 3.05) is 13.7 Å². The van der Waals surface area contributed by atoms with Gasteiger partial charge in [0, 0.05) is 12.0 Å². The van der Waals surface area contributed by atoms with Crippen LogP contribution in [0.15, 0.2) is 18.2 Å². The minimum absolute atomic E-state index is 0.105. The van der Waals surface area contributed by atoms with Crippen molar-refractivity contribution >= 4 is 11.8 Å². The number of ketones is 1. The molecular formula is C13H16O4. The molecule has 1 aromatic carbocycles. The van der Waals surface area contributed by atoms with Gasteiger partial charge in [-0.15, -0.1) is 0 Å². The molecule has 4 nitrogen and oxygen atoms in total. The Hall–Kier alpha value is -1.84. The summed E-state index contributed by atoms with van der Waals surface area (Å²) in [5.74, 6) is -0.0336. The Morgan fingerprint density at radius 1 is 1.18 bits per heavy atom. The minimum Gasteiger partial charge on any atom is -0.497 e. The number of rotatable bonds is 5. The first-order valence-corrected chi connectivity index (χ1v) is 5.52. The predicted molar refractivity (Wildman–Crippen MR) is 63.6 cm³/mol. The lowest BCUT2D eigenvalue weighted by atomic mass is 10.0. The fraction of sp³-hybridized carbons (Fsp3) is 0.385. The lowest BCUT2D eigenvalue weighted by Gasteiger charge is -2.09. The molecule has 1 rings (SSSR count). The molecule has 17 heavy (non-hydrogen) atoms. The summed E-state index contributed by atoms with van der Waals surface area (Å²) in [6, 6.07) is 4.76. The van der Waals surface area contributed by atoms with E-state index in [1.165, 1.54) is 7.11 Å². The van der Waals surface area contributed by atoms with Crippen LogP contribution in [0, 0.1) is 0 Å². The van der Waals surface area contributed by atoms with E-state index in [1.807, 2.05) is 0 Å². The molecule has 0 spiro atoms. The van der Waals surface area contributed by atoms with E-state index in [0.29, 0.717) is 23.3 Å². The summed E-state index contributed by atoms with van der Waals surface area (Å²) in [6.45, 7) is 3.75. The lowest BCUT2D eigenvalue weighted by molar-refractivity contribution is 0.0523. The maximum Gasteiger partial charge on any atom is 0.338 e. The van der Waals surface area contributed by atoms with Crippen molar-refractivity contribution in [3.05, 3.63) is 29.3 Å². The van der Waals surface area contributed by atoms with Crippen molar-refractivity contribution in [2.45, 2.75) is 20.3 Å². The summed E-state index contributed by atoms with van der Waals surface area (Å²) in [5.41, 5.74) is 0.643. The van der Waals surface area contributed by atoms with Gasteiger partial charge in [0.2, 0.25) is 0 Å². The molecule has 0 aliphatic carbocycles. The number of Topliss-reactive ketones (excluding diaryl/α,β-unsaturated/α-hetero) is 1. The van der Waals surface area contributed by atoms with E-state index in [-0.39, 0.29) is 12.4 Å². The first-order chi connectivity index (χ1) is 8.13. The van der Waals surface area contributed by atoms with Gasteiger partial charge in [-0.05, 0) is 25.1 Å². The molecule has 0 saturated heterocycles. The largest absolute Gasteiger partial charge is 0.497 e. The fourth-order valence-corrected chi connectivity index (χ4v) is 1.46. The van der Waals surface area contributed by atoms with Crippen LogP contribution in [-0.4, -0.2) is 25.5 Å². The summed E-state index contributed by atoms with van der Waals surface area (Å²) in [7, 11) is 1.51. The summed E-state index contributed by atoms with van der Waals surface area (Å²) < 4.78 is 9.94. The van der Waals surface area contributed by atoms with Crippen LogP contribution < -0.4 is 4.74 Å². The number of hydrogen-bond acceptors (Lipinski definition) is 4. The second-order valence-corrected chi connectivity index (χ2v) is 3.41.